The van der Waals surface area contributed by atoms with Crippen LogP contribution in [0.3, 0.4) is 0 Å². The molecule has 0 bridgehead atoms. The first-order valence-corrected chi connectivity index (χ1v) is 10.5. The maximum atomic E-state index is 12.8. The van der Waals surface area contributed by atoms with E-state index < -0.39 is 0 Å². The molecule has 1 N–H and O–H groups in total. The number of aromatic nitrogens is 1. The van der Waals surface area contributed by atoms with Crippen LogP contribution in [-0.2, 0) is 0 Å². The van der Waals surface area contributed by atoms with Crippen molar-refractivity contribution in [3.05, 3.63) is 96.3 Å². The van der Waals surface area contributed by atoms with E-state index >= 15 is 0 Å². The van der Waals surface area contributed by atoms with Crippen LogP contribution in [-0.4, -0.2) is 35.0 Å². The number of ether oxygens (including phenoxy) is 1. The molecular formula is C25H25N3O3. The number of hydrogen-bond acceptors (Lipinski definition) is 4. The first kappa shape index (κ1) is 20.6. The Kier molecular flexibility index (Phi) is 6.57. The summed E-state index contributed by atoms with van der Waals surface area (Å²) in [7, 11) is 0. The highest BCUT2D eigenvalue weighted by Gasteiger charge is 2.31. The van der Waals surface area contributed by atoms with Gasteiger partial charge in [-0.2, -0.15) is 0 Å². The molecule has 0 aliphatic carbocycles. The molecule has 31 heavy (non-hydrogen) atoms. The molecule has 0 spiro atoms. The number of hydrogen-bond donors (Lipinski definition) is 1. The molecule has 0 radical (unpaired) electrons. The number of nitrogens with one attached hydrogen (secondary N) is 1. The number of carbonyl (C=O) groups is 2. The fraction of sp³-hybridized carbons (Fsp3) is 0.240. The number of piperidine rings is 1. The SMILES string of the molecule is O=C(NC(c1ccncc1)C1CCN(C(=O)Oc2ccccc2)CC1)c1ccccc1. The minimum atomic E-state index is -0.335. The second kappa shape index (κ2) is 9.89. The first-order valence-electron chi connectivity index (χ1n) is 10.5. The van der Waals surface area contributed by atoms with E-state index in [0.717, 1.165) is 18.4 Å². The van der Waals surface area contributed by atoms with Crippen molar-refractivity contribution in [2.45, 2.75) is 18.9 Å². The Balaban J connectivity index is 1.42. The van der Waals surface area contributed by atoms with Gasteiger partial charge in [-0.25, -0.2) is 4.79 Å². The van der Waals surface area contributed by atoms with Crippen LogP contribution in [0.2, 0.25) is 0 Å². The van der Waals surface area contributed by atoms with Crippen LogP contribution in [0.4, 0.5) is 4.79 Å². The number of pyridine rings is 1. The standard InChI is InChI=1S/C25H25N3O3/c29-24(21-7-3-1-4-8-21)27-23(19-11-15-26-16-12-19)20-13-17-28(18-14-20)25(30)31-22-9-5-2-6-10-22/h1-12,15-16,20,23H,13-14,17-18H2,(H,27,29). The normalized spacial score (nSPS) is 15.2. The van der Waals surface area contributed by atoms with E-state index in [4.69, 9.17) is 4.74 Å². The van der Waals surface area contributed by atoms with Gasteiger partial charge in [0, 0.05) is 31.0 Å². The lowest BCUT2D eigenvalue weighted by Crippen LogP contribution is -2.44. The van der Waals surface area contributed by atoms with Gasteiger partial charge in [-0.15, -0.1) is 0 Å². The monoisotopic (exact) mass is 415 g/mol. The number of para-hydroxylation sites is 1. The first-order chi connectivity index (χ1) is 15.2. The number of rotatable bonds is 5. The average molecular weight is 415 g/mol. The van der Waals surface area contributed by atoms with E-state index in [1.54, 1.807) is 41.6 Å². The van der Waals surface area contributed by atoms with Crippen molar-refractivity contribution in [1.29, 1.82) is 0 Å². The molecule has 1 aliphatic rings. The lowest BCUT2D eigenvalue weighted by molar-refractivity contribution is 0.0885. The van der Waals surface area contributed by atoms with Gasteiger partial charge in [0.25, 0.3) is 5.91 Å². The van der Waals surface area contributed by atoms with Crippen LogP contribution in [0.25, 0.3) is 0 Å². The third-order valence-corrected chi connectivity index (χ3v) is 5.61. The zero-order chi connectivity index (χ0) is 21.5. The molecule has 4 rings (SSSR count). The third kappa shape index (κ3) is 5.28. The van der Waals surface area contributed by atoms with Crippen LogP contribution in [0.1, 0.15) is 34.8 Å². The van der Waals surface area contributed by atoms with Gasteiger partial charge < -0.3 is 15.0 Å². The van der Waals surface area contributed by atoms with Gasteiger partial charge in [0.15, 0.2) is 0 Å². The molecule has 6 nitrogen and oxygen atoms in total. The van der Waals surface area contributed by atoms with Gasteiger partial charge in [0.2, 0.25) is 0 Å². The second-order valence-electron chi connectivity index (χ2n) is 7.60. The molecule has 1 atom stereocenters. The second-order valence-corrected chi connectivity index (χ2v) is 7.60. The Bertz CT molecular complexity index is 988. The Morgan fingerprint density at radius 3 is 2.16 bits per heavy atom. The summed E-state index contributed by atoms with van der Waals surface area (Å²) in [5.41, 5.74) is 1.65. The van der Waals surface area contributed by atoms with Gasteiger partial charge >= 0.3 is 6.09 Å². The Labute approximate surface area is 181 Å². The molecule has 1 unspecified atom stereocenters. The number of carbonyl (C=O) groups excluding carboxylic acids is 2. The molecule has 2 aromatic carbocycles. The molecule has 3 aromatic rings. The van der Waals surface area contributed by atoms with Gasteiger partial charge in [0.1, 0.15) is 5.75 Å². The highest BCUT2D eigenvalue weighted by molar-refractivity contribution is 5.94. The van der Waals surface area contributed by atoms with E-state index in [-0.39, 0.29) is 24.0 Å². The summed E-state index contributed by atoms with van der Waals surface area (Å²) in [6.07, 6.45) is 4.68. The molecule has 2 heterocycles. The van der Waals surface area contributed by atoms with Crippen molar-refractivity contribution < 1.29 is 14.3 Å². The summed E-state index contributed by atoms with van der Waals surface area (Å²) in [6.45, 7) is 1.16. The summed E-state index contributed by atoms with van der Waals surface area (Å²) >= 11 is 0. The van der Waals surface area contributed by atoms with E-state index in [1.165, 1.54) is 0 Å². The minimum absolute atomic E-state index is 0.103. The van der Waals surface area contributed by atoms with Crippen LogP contribution >= 0.6 is 0 Å². The Morgan fingerprint density at radius 1 is 0.903 bits per heavy atom. The Hall–Kier alpha value is -3.67. The van der Waals surface area contributed by atoms with Gasteiger partial charge in [0.05, 0.1) is 6.04 Å². The predicted octanol–water partition coefficient (Wildman–Crippen LogP) is 4.46. The summed E-state index contributed by atoms with van der Waals surface area (Å²) in [4.78, 5) is 31.2. The van der Waals surface area contributed by atoms with Crippen LogP contribution < -0.4 is 10.1 Å². The average Bonchev–Trinajstić information content (AvgIpc) is 2.84. The van der Waals surface area contributed by atoms with Gasteiger partial charge in [-0.3, -0.25) is 9.78 Å². The maximum absolute atomic E-state index is 12.8. The fourth-order valence-electron chi connectivity index (χ4n) is 3.93. The van der Waals surface area contributed by atoms with Crippen molar-refractivity contribution >= 4 is 12.0 Å². The third-order valence-electron chi connectivity index (χ3n) is 5.61. The number of likely N-dealkylation sites (tertiary alicyclic amines) is 1. The van der Waals surface area contributed by atoms with Crippen molar-refractivity contribution in [2.75, 3.05) is 13.1 Å². The number of nitrogens with zero attached hydrogens (tertiary/aromatic N) is 2. The van der Waals surface area contributed by atoms with Crippen molar-refractivity contribution in [2.24, 2.45) is 5.92 Å². The molecule has 6 heteroatoms. The summed E-state index contributed by atoms with van der Waals surface area (Å²) in [5.74, 6) is 0.642. The molecule has 1 fully saturated rings. The summed E-state index contributed by atoms with van der Waals surface area (Å²) in [5, 5.41) is 3.20. The maximum Gasteiger partial charge on any atom is 0.415 e. The summed E-state index contributed by atoms with van der Waals surface area (Å²) in [6, 6.07) is 22.0. The largest absolute Gasteiger partial charge is 0.415 e. The molecule has 0 saturated carbocycles. The molecule has 1 aliphatic heterocycles. The van der Waals surface area contributed by atoms with Crippen LogP contribution in [0.5, 0.6) is 5.75 Å². The van der Waals surface area contributed by atoms with E-state index in [0.29, 0.717) is 24.4 Å². The molecule has 1 aromatic heterocycles. The Morgan fingerprint density at radius 2 is 1.52 bits per heavy atom. The minimum Gasteiger partial charge on any atom is -0.410 e. The zero-order valence-electron chi connectivity index (χ0n) is 17.2. The zero-order valence-corrected chi connectivity index (χ0v) is 17.2. The predicted molar refractivity (Wildman–Crippen MR) is 118 cm³/mol. The number of benzene rings is 2. The quantitative estimate of drug-likeness (QED) is 0.668. The van der Waals surface area contributed by atoms with Gasteiger partial charge in [-0.05, 0) is 60.7 Å². The smallest absolute Gasteiger partial charge is 0.410 e. The van der Waals surface area contributed by atoms with E-state index in [2.05, 4.69) is 10.3 Å². The topological polar surface area (TPSA) is 71.5 Å². The van der Waals surface area contributed by atoms with Crippen molar-refractivity contribution in [3.63, 3.8) is 0 Å². The highest BCUT2D eigenvalue weighted by Crippen LogP contribution is 2.31. The van der Waals surface area contributed by atoms with Crippen LogP contribution in [0.15, 0.2) is 85.2 Å². The molecular weight excluding hydrogens is 390 g/mol. The van der Waals surface area contributed by atoms with E-state index in [9.17, 15) is 9.59 Å². The lowest BCUT2D eigenvalue weighted by Gasteiger charge is -2.36. The number of amides is 2. The molecule has 2 amide bonds. The molecule has 1 saturated heterocycles. The van der Waals surface area contributed by atoms with Crippen molar-refractivity contribution in [3.8, 4) is 5.75 Å². The lowest BCUT2D eigenvalue weighted by atomic mass is 9.85. The summed E-state index contributed by atoms with van der Waals surface area (Å²) < 4.78 is 5.47. The molecule has 158 valence electrons. The fourth-order valence-corrected chi connectivity index (χ4v) is 3.93. The van der Waals surface area contributed by atoms with Crippen molar-refractivity contribution in [1.82, 2.24) is 15.2 Å². The van der Waals surface area contributed by atoms with Crippen LogP contribution in [0, 0.1) is 5.92 Å². The van der Waals surface area contributed by atoms with Gasteiger partial charge in [-0.1, -0.05) is 36.4 Å². The highest BCUT2D eigenvalue weighted by atomic mass is 16.6. The van der Waals surface area contributed by atoms with E-state index in [1.807, 2.05) is 48.5 Å².